The summed E-state index contributed by atoms with van der Waals surface area (Å²) in [6.45, 7) is 0. The summed E-state index contributed by atoms with van der Waals surface area (Å²) in [5.41, 5.74) is 3.15. The zero-order valence-electron chi connectivity index (χ0n) is 12.9. The first-order valence-electron chi connectivity index (χ1n) is 7.21. The maximum atomic E-state index is 12.1. The number of benzene rings is 2. The van der Waals surface area contributed by atoms with Crippen LogP contribution in [0.15, 0.2) is 59.5 Å². The molecule has 0 N–H and O–H groups in total. The Bertz CT molecular complexity index is 907. The SMILES string of the molecule is CS(=O)c1cc(-c2ccc(C=O)cc2)sc1-c1ccc(C=O)cc1. The molecule has 0 saturated heterocycles. The number of carbonyl (C=O) groups is 2. The summed E-state index contributed by atoms with van der Waals surface area (Å²) in [6.07, 6.45) is 3.27. The van der Waals surface area contributed by atoms with Gasteiger partial charge in [-0.05, 0) is 17.2 Å². The van der Waals surface area contributed by atoms with E-state index in [2.05, 4.69) is 0 Å². The van der Waals surface area contributed by atoms with Gasteiger partial charge in [0.15, 0.2) is 0 Å². The smallest absolute Gasteiger partial charge is 0.150 e. The Labute approximate surface area is 146 Å². The van der Waals surface area contributed by atoms with Crippen LogP contribution in [0.4, 0.5) is 0 Å². The van der Waals surface area contributed by atoms with Crippen molar-refractivity contribution in [3.63, 3.8) is 0 Å². The molecule has 0 fully saturated rings. The lowest BCUT2D eigenvalue weighted by Gasteiger charge is -2.01. The number of thiophene rings is 1. The molecule has 1 heterocycles. The molecule has 1 aromatic heterocycles. The number of aldehydes is 2. The standard InChI is InChI=1S/C19H14O3S2/c1-24(22)18-10-17(15-6-2-13(11-20)3-7-15)23-19(18)16-8-4-14(12-21)5-9-16/h2-12H,1H3. The highest BCUT2D eigenvalue weighted by atomic mass is 32.2. The van der Waals surface area contributed by atoms with E-state index in [4.69, 9.17) is 0 Å². The van der Waals surface area contributed by atoms with Crippen LogP contribution in [0.2, 0.25) is 0 Å². The normalized spacial score (nSPS) is 11.9. The van der Waals surface area contributed by atoms with Gasteiger partial charge in [0.05, 0.1) is 20.6 Å². The van der Waals surface area contributed by atoms with Crippen LogP contribution in [0.1, 0.15) is 20.7 Å². The fourth-order valence-electron chi connectivity index (χ4n) is 2.37. The summed E-state index contributed by atoms with van der Waals surface area (Å²) in [4.78, 5) is 24.3. The minimum atomic E-state index is -1.12. The molecule has 3 aromatic rings. The van der Waals surface area contributed by atoms with Crippen LogP contribution < -0.4 is 0 Å². The predicted octanol–water partition coefficient (Wildman–Crippen LogP) is 4.44. The second-order valence-electron chi connectivity index (χ2n) is 5.24. The summed E-state index contributed by atoms with van der Waals surface area (Å²) in [7, 11) is -1.12. The highest BCUT2D eigenvalue weighted by Gasteiger charge is 2.15. The van der Waals surface area contributed by atoms with E-state index in [1.807, 2.05) is 30.3 Å². The van der Waals surface area contributed by atoms with Gasteiger partial charge in [-0.25, -0.2) is 0 Å². The quantitative estimate of drug-likeness (QED) is 0.636. The van der Waals surface area contributed by atoms with E-state index in [0.29, 0.717) is 11.1 Å². The summed E-state index contributed by atoms with van der Waals surface area (Å²) in [6, 6.07) is 16.5. The number of hydrogen-bond acceptors (Lipinski definition) is 4. The van der Waals surface area contributed by atoms with Crippen molar-refractivity contribution >= 4 is 34.7 Å². The Hall–Kier alpha value is -2.37. The van der Waals surface area contributed by atoms with Crippen molar-refractivity contribution in [2.75, 3.05) is 6.26 Å². The van der Waals surface area contributed by atoms with E-state index in [0.717, 1.165) is 38.3 Å². The molecule has 0 amide bonds. The second kappa shape index (κ2) is 7.03. The van der Waals surface area contributed by atoms with E-state index in [1.54, 1.807) is 41.9 Å². The number of carbonyl (C=O) groups excluding carboxylic acids is 2. The molecule has 3 rings (SSSR count). The van der Waals surface area contributed by atoms with Crippen LogP contribution in [0.3, 0.4) is 0 Å². The maximum absolute atomic E-state index is 12.1. The van der Waals surface area contributed by atoms with Gasteiger partial charge >= 0.3 is 0 Å². The third-order valence-electron chi connectivity index (χ3n) is 3.65. The molecule has 3 nitrogen and oxygen atoms in total. The van der Waals surface area contributed by atoms with Crippen molar-refractivity contribution < 1.29 is 13.8 Å². The van der Waals surface area contributed by atoms with Crippen LogP contribution in [-0.2, 0) is 10.8 Å². The van der Waals surface area contributed by atoms with E-state index < -0.39 is 10.8 Å². The maximum Gasteiger partial charge on any atom is 0.150 e. The number of hydrogen-bond donors (Lipinski definition) is 0. The van der Waals surface area contributed by atoms with Gasteiger partial charge in [-0.15, -0.1) is 11.3 Å². The molecule has 0 saturated carbocycles. The molecule has 0 aliphatic heterocycles. The molecular formula is C19H14O3S2. The zero-order valence-corrected chi connectivity index (χ0v) is 14.5. The van der Waals surface area contributed by atoms with Crippen LogP contribution >= 0.6 is 11.3 Å². The molecular weight excluding hydrogens is 340 g/mol. The van der Waals surface area contributed by atoms with Crippen molar-refractivity contribution in [2.45, 2.75) is 4.90 Å². The van der Waals surface area contributed by atoms with Crippen LogP contribution in [0.25, 0.3) is 20.9 Å². The Kier molecular flexibility index (Phi) is 4.83. The van der Waals surface area contributed by atoms with E-state index in [1.165, 1.54) is 0 Å². The van der Waals surface area contributed by atoms with Crippen LogP contribution in [0.5, 0.6) is 0 Å². The monoisotopic (exact) mass is 354 g/mol. The molecule has 0 spiro atoms. The van der Waals surface area contributed by atoms with Gasteiger partial charge in [-0.3, -0.25) is 13.8 Å². The first-order chi connectivity index (χ1) is 11.6. The van der Waals surface area contributed by atoms with Gasteiger partial charge in [0.25, 0.3) is 0 Å². The Morgan fingerprint density at radius 3 is 1.79 bits per heavy atom. The fourth-order valence-corrected chi connectivity index (χ4v) is 4.65. The van der Waals surface area contributed by atoms with Crippen LogP contribution in [0, 0.1) is 0 Å². The third-order valence-corrected chi connectivity index (χ3v) is 5.95. The Balaban J connectivity index is 2.08. The van der Waals surface area contributed by atoms with Crippen molar-refractivity contribution in [2.24, 2.45) is 0 Å². The summed E-state index contributed by atoms with van der Waals surface area (Å²) < 4.78 is 12.1. The number of rotatable bonds is 5. The Morgan fingerprint density at radius 2 is 1.33 bits per heavy atom. The average molecular weight is 354 g/mol. The Morgan fingerprint density at radius 1 is 0.833 bits per heavy atom. The predicted molar refractivity (Wildman–Crippen MR) is 98.3 cm³/mol. The molecule has 0 bridgehead atoms. The molecule has 1 atom stereocenters. The lowest BCUT2D eigenvalue weighted by molar-refractivity contribution is 0.111. The summed E-state index contributed by atoms with van der Waals surface area (Å²) in [5.74, 6) is 0. The molecule has 0 aliphatic carbocycles. The zero-order chi connectivity index (χ0) is 17.1. The lowest BCUT2D eigenvalue weighted by Crippen LogP contribution is -1.87. The lowest BCUT2D eigenvalue weighted by atomic mass is 10.1. The van der Waals surface area contributed by atoms with E-state index >= 15 is 0 Å². The molecule has 120 valence electrons. The van der Waals surface area contributed by atoms with Gasteiger partial charge in [0.2, 0.25) is 0 Å². The van der Waals surface area contributed by atoms with Gasteiger partial charge < -0.3 is 0 Å². The highest BCUT2D eigenvalue weighted by Crippen LogP contribution is 2.39. The molecule has 2 aromatic carbocycles. The average Bonchev–Trinajstić information content (AvgIpc) is 3.07. The van der Waals surface area contributed by atoms with Gasteiger partial charge in [0.1, 0.15) is 12.6 Å². The topological polar surface area (TPSA) is 51.2 Å². The van der Waals surface area contributed by atoms with Gasteiger partial charge in [0, 0.05) is 22.3 Å². The summed E-state index contributed by atoms with van der Waals surface area (Å²) in [5, 5.41) is 0. The molecule has 0 radical (unpaired) electrons. The van der Waals surface area contributed by atoms with Crippen LogP contribution in [-0.4, -0.2) is 23.0 Å². The molecule has 24 heavy (non-hydrogen) atoms. The van der Waals surface area contributed by atoms with Crippen molar-refractivity contribution in [3.05, 3.63) is 65.7 Å². The van der Waals surface area contributed by atoms with E-state index in [9.17, 15) is 13.8 Å². The van der Waals surface area contributed by atoms with Gasteiger partial charge in [-0.1, -0.05) is 48.5 Å². The first-order valence-corrected chi connectivity index (χ1v) is 9.58. The molecule has 0 aliphatic rings. The van der Waals surface area contributed by atoms with Crippen molar-refractivity contribution in [1.82, 2.24) is 0 Å². The third kappa shape index (κ3) is 3.27. The minimum absolute atomic E-state index is 0.610. The van der Waals surface area contributed by atoms with Crippen molar-refractivity contribution in [3.8, 4) is 20.9 Å². The summed E-state index contributed by atoms with van der Waals surface area (Å²) >= 11 is 1.55. The largest absolute Gasteiger partial charge is 0.298 e. The second-order valence-corrected chi connectivity index (χ2v) is 7.64. The van der Waals surface area contributed by atoms with E-state index in [-0.39, 0.29) is 0 Å². The molecule has 5 heteroatoms. The minimum Gasteiger partial charge on any atom is -0.298 e. The molecule has 1 unspecified atom stereocenters. The van der Waals surface area contributed by atoms with Gasteiger partial charge in [-0.2, -0.15) is 0 Å². The first kappa shape index (κ1) is 16.5. The van der Waals surface area contributed by atoms with Crippen molar-refractivity contribution in [1.29, 1.82) is 0 Å². The highest BCUT2D eigenvalue weighted by molar-refractivity contribution is 7.84. The fraction of sp³-hybridized carbons (Fsp3) is 0.0526.